The van der Waals surface area contributed by atoms with Gasteiger partial charge in [0.25, 0.3) is 0 Å². The van der Waals surface area contributed by atoms with E-state index in [0.29, 0.717) is 11.4 Å². The number of epoxide rings is 1. The summed E-state index contributed by atoms with van der Waals surface area (Å²) in [6.45, 7) is 3.05. The molecular weight excluding hydrogens is 108 g/mol. The second-order valence-electron chi connectivity index (χ2n) is 2.04. The molecule has 0 amide bonds. The van der Waals surface area contributed by atoms with Gasteiger partial charge in [0.05, 0.1) is 12.7 Å². The molecule has 0 aromatic carbocycles. The zero-order valence-electron chi connectivity index (χ0n) is 4.42. The van der Waals surface area contributed by atoms with E-state index in [-0.39, 0.29) is 0 Å². The molecule has 0 bridgehead atoms. The number of hydrogen-bond acceptors (Lipinski definition) is 2. The van der Waals surface area contributed by atoms with Gasteiger partial charge in [0, 0.05) is 5.25 Å². The molecule has 0 aliphatic carbocycles. The summed E-state index contributed by atoms with van der Waals surface area (Å²) in [5.41, 5.74) is 0. The molecule has 1 heterocycles. The van der Waals surface area contributed by atoms with Gasteiger partial charge in [-0.2, -0.15) is 12.6 Å². The van der Waals surface area contributed by atoms with Crippen LogP contribution in [0.1, 0.15) is 13.3 Å². The molecule has 1 fully saturated rings. The minimum absolute atomic E-state index is 0.507. The largest absolute Gasteiger partial charge is 0.373 e. The number of ether oxygens (including phenoxy) is 1. The van der Waals surface area contributed by atoms with E-state index in [9.17, 15) is 0 Å². The van der Waals surface area contributed by atoms with Crippen LogP contribution in [0.15, 0.2) is 0 Å². The van der Waals surface area contributed by atoms with E-state index in [1.165, 1.54) is 0 Å². The quantitative estimate of drug-likeness (QED) is 0.423. The van der Waals surface area contributed by atoms with E-state index in [1.54, 1.807) is 0 Å². The van der Waals surface area contributed by atoms with E-state index < -0.39 is 0 Å². The van der Waals surface area contributed by atoms with Crippen molar-refractivity contribution in [2.75, 3.05) is 6.61 Å². The van der Waals surface area contributed by atoms with Crippen LogP contribution in [0.5, 0.6) is 0 Å². The predicted molar refractivity (Wildman–Crippen MR) is 32.8 cm³/mol. The monoisotopic (exact) mass is 118 g/mol. The van der Waals surface area contributed by atoms with Gasteiger partial charge < -0.3 is 4.74 Å². The minimum Gasteiger partial charge on any atom is -0.373 e. The molecule has 7 heavy (non-hydrogen) atoms. The summed E-state index contributed by atoms with van der Waals surface area (Å²) in [7, 11) is 0. The van der Waals surface area contributed by atoms with E-state index in [0.717, 1.165) is 13.0 Å². The van der Waals surface area contributed by atoms with Crippen molar-refractivity contribution in [3.05, 3.63) is 0 Å². The highest BCUT2D eigenvalue weighted by Gasteiger charge is 2.22. The highest BCUT2D eigenvalue weighted by molar-refractivity contribution is 7.80. The Morgan fingerprint density at radius 3 is 2.71 bits per heavy atom. The summed E-state index contributed by atoms with van der Waals surface area (Å²) in [5.74, 6) is 0. The zero-order chi connectivity index (χ0) is 5.28. The molecule has 2 unspecified atom stereocenters. The van der Waals surface area contributed by atoms with Crippen molar-refractivity contribution in [1.29, 1.82) is 0 Å². The van der Waals surface area contributed by atoms with Gasteiger partial charge in [-0.3, -0.25) is 0 Å². The molecule has 1 aliphatic rings. The minimum atomic E-state index is 0.507. The lowest BCUT2D eigenvalue weighted by atomic mass is 10.3. The Kier molecular flexibility index (Phi) is 1.60. The lowest BCUT2D eigenvalue weighted by Crippen LogP contribution is -1.95. The first-order valence-electron chi connectivity index (χ1n) is 2.58. The van der Waals surface area contributed by atoms with Crippen LogP contribution in [-0.4, -0.2) is 18.0 Å². The molecule has 1 saturated heterocycles. The topological polar surface area (TPSA) is 12.5 Å². The fourth-order valence-electron chi connectivity index (χ4n) is 0.585. The van der Waals surface area contributed by atoms with E-state index >= 15 is 0 Å². The summed E-state index contributed by atoms with van der Waals surface area (Å²) in [5, 5.41) is 0.507. The molecule has 0 aromatic heterocycles. The molecule has 0 spiro atoms. The average Bonchev–Trinajstić information content (AvgIpc) is 2.17. The van der Waals surface area contributed by atoms with Crippen molar-refractivity contribution >= 4 is 12.6 Å². The van der Waals surface area contributed by atoms with Gasteiger partial charge in [-0.05, 0) is 6.42 Å². The third kappa shape index (κ3) is 2.19. The molecule has 1 aliphatic heterocycles. The Bertz CT molecular complexity index is 59.1. The lowest BCUT2D eigenvalue weighted by molar-refractivity contribution is 0.397. The van der Waals surface area contributed by atoms with Gasteiger partial charge in [0.15, 0.2) is 0 Å². The van der Waals surface area contributed by atoms with Crippen molar-refractivity contribution in [2.45, 2.75) is 24.7 Å². The highest BCUT2D eigenvalue weighted by atomic mass is 32.1. The fourth-order valence-corrected chi connectivity index (χ4v) is 0.820. The summed E-state index contributed by atoms with van der Waals surface area (Å²) >= 11 is 4.20. The maximum Gasteiger partial charge on any atom is 0.0820 e. The van der Waals surface area contributed by atoms with Crippen molar-refractivity contribution in [2.24, 2.45) is 0 Å². The van der Waals surface area contributed by atoms with Crippen molar-refractivity contribution in [3.8, 4) is 0 Å². The second kappa shape index (κ2) is 2.05. The Morgan fingerprint density at radius 1 is 2.00 bits per heavy atom. The van der Waals surface area contributed by atoms with Gasteiger partial charge >= 0.3 is 0 Å². The van der Waals surface area contributed by atoms with Crippen LogP contribution in [0.25, 0.3) is 0 Å². The van der Waals surface area contributed by atoms with Crippen LogP contribution in [0.3, 0.4) is 0 Å². The van der Waals surface area contributed by atoms with Gasteiger partial charge in [-0.25, -0.2) is 0 Å². The number of hydrogen-bond donors (Lipinski definition) is 1. The van der Waals surface area contributed by atoms with Crippen LogP contribution >= 0.6 is 12.6 Å². The molecule has 0 N–H and O–H groups in total. The SMILES string of the molecule is CC(S)CC1CO1. The Morgan fingerprint density at radius 2 is 2.57 bits per heavy atom. The first-order chi connectivity index (χ1) is 3.29. The second-order valence-corrected chi connectivity index (χ2v) is 2.92. The van der Waals surface area contributed by atoms with Crippen molar-refractivity contribution in [3.63, 3.8) is 0 Å². The van der Waals surface area contributed by atoms with E-state index in [2.05, 4.69) is 19.6 Å². The first kappa shape index (κ1) is 5.45. The molecule has 0 radical (unpaired) electrons. The molecule has 42 valence electrons. The van der Waals surface area contributed by atoms with Crippen LogP contribution in [0.4, 0.5) is 0 Å². The number of thiol groups is 1. The Hall–Kier alpha value is 0.310. The molecule has 0 aromatic rings. The number of rotatable bonds is 2. The lowest BCUT2D eigenvalue weighted by Gasteiger charge is -1.95. The Labute approximate surface area is 49.5 Å². The molecule has 1 rings (SSSR count). The average molecular weight is 118 g/mol. The summed E-state index contributed by atoms with van der Waals surface area (Å²) in [6, 6.07) is 0. The van der Waals surface area contributed by atoms with E-state index in [4.69, 9.17) is 4.74 Å². The normalized spacial score (nSPS) is 32.6. The molecule has 2 atom stereocenters. The Balaban J connectivity index is 1.97. The highest BCUT2D eigenvalue weighted by Crippen LogP contribution is 2.17. The molecule has 1 nitrogen and oxygen atoms in total. The molecule has 0 saturated carbocycles. The molecule has 2 heteroatoms. The van der Waals surface area contributed by atoms with Crippen molar-refractivity contribution < 1.29 is 4.74 Å². The fraction of sp³-hybridized carbons (Fsp3) is 1.00. The summed E-state index contributed by atoms with van der Waals surface area (Å²) in [6.07, 6.45) is 1.66. The molecular formula is C5H10OS. The van der Waals surface area contributed by atoms with Crippen LogP contribution in [0, 0.1) is 0 Å². The van der Waals surface area contributed by atoms with Gasteiger partial charge in [0.2, 0.25) is 0 Å². The predicted octanol–water partition coefficient (Wildman–Crippen LogP) is 1.09. The summed E-state index contributed by atoms with van der Waals surface area (Å²) in [4.78, 5) is 0. The van der Waals surface area contributed by atoms with Crippen LogP contribution < -0.4 is 0 Å². The van der Waals surface area contributed by atoms with E-state index in [1.807, 2.05) is 0 Å². The maximum atomic E-state index is 4.97. The van der Waals surface area contributed by atoms with Gasteiger partial charge in [0.1, 0.15) is 0 Å². The zero-order valence-corrected chi connectivity index (χ0v) is 5.32. The van der Waals surface area contributed by atoms with Gasteiger partial charge in [-0.15, -0.1) is 0 Å². The van der Waals surface area contributed by atoms with Gasteiger partial charge in [-0.1, -0.05) is 6.92 Å². The summed E-state index contributed by atoms with van der Waals surface area (Å²) < 4.78 is 4.97. The first-order valence-corrected chi connectivity index (χ1v) is 3.10. The van der Waals surface area contributed by atoms with Crippen LogP contribution in [0.2, 0.25) is 0 Å². The third-order valence-electron chi connectivity index (χ3n) is 1.01. The maximum absolute atomic E-state index is 4.97. The standard InChI is InChI=1S/C5H10OS/c1-4(7)2-5-3-6-5/h4-5,7H,2-3H2,1H3. The van der Waals surface area contributed by atoms with Crippen LogP contribution in [-0.2, 0) is 4.74 Å². The smallest absolute Gasteiger partial charge is 0.0820 e. The van der Waals surface area contributed by atoms with Crippen molar-refractivity contribution in [1.82, 2.24) is 0 Å². The third-order valence-corrected chi connectivity index (χ3v) is 1.22.